The number of carbonyl (C=O) groups excluding carboxylic acids is 1. The topological polar surface area (TPSA) is 55.6 Å². The summed E-state index contributed by atoms with van der Waals surface area (Å²) in [4.78, 5) is 14.7. The molecular weight excluding hydrogens is 252 g/mol. The summed E-state index contributed by atoms with van der Waals surface area (Å²) >= 11 is 0. The predicted molar refractivity (Wildman–Crippen MR) is 80.9 cm³/mol. The largest absolute Gasteiger partial charge is 0.493 e. The second kappa shape index (κ2) is 6.64. The molecule has 1 aromatic carbocycles. The molecule has 1 fully saturated rings. The van der Waals surface area contributed by atoms with Crippen LogP contribution in [0.3, 0.4) is 0 Å². The molecule has 0 bridgehead atoms. The van der Waals surface area contributed by atoms with Crippen molar-refractivity contribution in [3.63, 3.8) is 0 Å². The maximum absolute atomic E-state index is 12.7. The summed E-state index contributed by atoms with van der Waals surface area (Å²) in [6.07, 6.45) is 3.30. The van der Waals surface area contributed by atoms with Gasteiger partial charge < -0.3 is 15.4 Å². The van der Waals surface area contributed by atoms with E-state index in [2.05, 4.69) is 6.92 Å². The maximum Gasteiger partial charge on any atom is 0.259 e. The van der Waals surface area contributed by atoms with E-state index in [9.17, 15) is 4.79 Å². The van der Waals surface area contributed by atoms with Gasteiger partial charge in [-0.25, -0.2) is 0 Å². The first-order chi connectivity index (χ1) is 9.63. The van der Waals surface area contributed by atoms with E-state index in [4.69, 9.17) is 10.5 Å². The lowest BCUT2D eigenvalue weighted by Gasteiger charge is -2.22. The number of rotatable bonds is 3. The van der Waals surface area contributed by atoms with Gasteiger partial charge in [-0.2, -0.15) is 0 Å². The molecule has 1 amide bonds. The number of ether oxygens (including phenoxy) is 1. The highest BCUT2D eigenvalue weighted by Crippen LogP contribution is 2.27. The van der Waals surface area contributed by atoms with Crippen LogP contribution >= 0.6 is 0 Å². The molecule has 110 valence electrons. The molecule has 1 saturated heterocycles. The van der Waals surface area contributed by atoms with Crippen molar-refractivity contribution >= 4 is 11.6 Å². The fourth-order valence-corrected chi connectivity index (χ4v) is 2.68. The van der Waals surface area contributed by atoms with E-state index in [0.29, 0.717) is 29.5 Å². The van der Waals surface area contributed by atoms with Crippen LogP contribution in [0.5, 0.6) is 5.75 Å². The smallest absolute Gasteiger partial charge is 0.259 e. The maximum atomic E-state index is 12.7. The number of nitrogens with two attached hydrogens (primary N) is 1. The van der Waals surface area contributed by atoms with Crippen molar-refractivity contribution in [2.24, 2.45) is 5.92 Å². The second-order valence-electron chi connectivity index (χ2n) is 5.48. The van der Waals surface area contributed by atoms with Crippen molar-refractivity contribution in [3.8, 4) is 5.75 Å². The van der Waals surface area contributed by atoms with Crippen molar-refractivity contribution in [2.45, 2.75) is 33.1 Å². The van der Waals surface area contributed by atoms with E-state index in [1.807, 2.05) is 24.0 Å². The lowest BCUT2D eigenvalue weighted by Crippen LogP contribution is -2.32. The Morgan fingerprint density at radius 2 is 2.20 bits per heavy atom. The summed E-state index contributed by atoms with van der Waals surface area (Å²) < 4.78 is 5.55. The average Bonchev–Trinajstić information content (AvgIpc) is 2.63. The minimum absolute atomic E-state index is 0.000602. The van der Waals surface area contributed by atoms with Crippen LogP contribution in [0.2, 0.25) is 0 Å². The summed E-state index contributed by atoms with van der Waals surface area (Å²) in [6, 6.07) is 5.39. The summed E-state index contributed by atoms with van der Waals surface area (Å²) in [7, 11) is 0. The Bertz CT molecular complexity index is 474. The van der Waals surface area contributed by atoms with Gasteiger partial charge in [-0.05, 0) is 44.2 Å². The number of nitrogen functional groups attached to an aromatic ring is 1. The third kappa shape index (κ3) is 3.24. The molecule has 2 N–H and O–H groups in total. The van der Waals surface area contributed by atoms with Crippen molar-refractivity contribution in [2.75, 3.05) is 25.4 Å². The molecule has 4 nitrogen and oxygen atoms in total. The number of nitrogens with zero attached hydrogens (tertiary/aromatic N) is 1. The van der Waals surface area contributed by atoms with Gasteiger partial charge in [0, 0.05) is 18.8 Å². The van der Waals surface area contributed by atoms with Gasteiger partial charge in [-0.1, -0.05) is 13.0 Å². The number of hydrogen-bond acceptors (Lipinski definition) is 3. The normalized spacial score (nSPS) is 19.5. The minimum Gasteiger partial charge on any atom is -0.493 e. The van der Waals surface area contributed by atoms with Crippen molar-refractivity contribution in [3.05, 3.63) is 23.8 Å². The van der Waals surface area contributed by atoms with E-state index in [1.54, 1.807) is 6.07 Å². The Labute approximate surface area is 120 Å². The Morgan fingerprint density at radius 3 is 2.95 bits per heavy atom. The highest BCUT2D eigenvalue weighted by atomic mass is 16.5. The highest BCUT2D eigenvalue weighted by Gasteiger charge is 2.24. The summed E-state index contributed by atoms with van der Waals surface area (Å²) in [5.74, 6) is 1.28. The first-order valence-electron chi connectivity index (χ1n) is 7.44. The van der Waals surface area contributed by atoms with E-state index >= 15 is 0 Å². The van der Waals surface area contributed by atoms with Crippen LogP contribution in [0, 0.1) is 5.92 Å². The van der Waals surface area contributed by atoms with Crippen LogP contribution in [0.4, 0.5) is 5.69 Å². The molecule has 20 heavy (non-hydrogen) atoms. The summed E-state index contributed by atoms with van der Waals surface area (Å²) in [6.45, 7) is 6.30. The third-order valence-corrected chi connectivity index (χ3v) is 3.88. The molecule has 0 aliphatic carbocycles. The SMILES string of the molecule is CCOc1cccc(N)c1C(=O)N1CCCC(C)CC1. The van der Waals surface area contributed by atoms with Gasteiger partial charge in [-0.3, -0.25) is 4.79 Å². The number of carbonyl (C=O) groups is 1. The summed E-state index contributed by atoms with van der Waals surface area (Å²) in [5.41, 5.74) is 7.01. The molecule has 1 aliphatic rings. The Balaban J connectivity index is 2.23. The van der Waals surface area contributed by atoms with E-state index in [-0.39, 0.29) is 5.91 Å². The molecule has 0 saturated carbocycles. The third-order valence-electron chi connectivity index (χ3n) is 3.88. The van der Waals surface area contributed by atoms with Gasteiger partial charge in [0.15, 0.2) is 0 Å². The Hall–Kier alpha value is -1.71. The molecule has 1 unspecified atom stereocenters. The molecular formula is C16H24N2O2. The monoisotopic (exact) mass is 276 g/mol. The van der Waals surface area contributed by atoms with Crippen molar-refractivity contribution in [1.29, 1.82) is 0 Å². The highest BCUT2D eigenvalue weighted by molar-refractivity contribution is 6.01. The molecule has 0 aromatic heterocycles. The van der Waals surface area contributed by atoms with Gasteiger partial charge >= 0.3 is 0 Å². The number of benzene rings is 1. The van der Waals surface area contributed by atoms with Gasteiger partial charge in [0.25, 0.3) is 5.91 Å². The minimum atomic E-state index is 0.000602. The summed E-state index contributed by atoms with van der Waals surface area (Å²) in [5, 5.41) is 0. The zero-order chi connectivity index (χ0) is 14.5. The van der Waals surface area contributed by atoms with Crippen LogP contribution < -0.4 is 10.5 Å². The molecule has 1 aromatic rings. The predicted octanol–water partition coefficient (Wildman–Crippen LogP) is 2.93. The van der Waals surface area contributed by atoms with Crippen LogP contribution in [0.1, 0.15) is 43.5 Å². The van der Waals surface area contributed by atoms with E-state index < -0.39 is 0 Å². The number of amides is 1. The standard InChI is InChI=1S/C16H24N2O2/c1-3-20-14-8-4-7-13(17)15(14)16(19)18-10-5-6-12(2)9-11-18/h4,7-8,12H,3,5-6,9-11,17H2,1-2H3. The molecule has 1 aliphatic heterocycles. The zero-order valence-electron chi connectivity index (χ0n) is 12.4. The number of hydrogen-bond donors (Lipinski definition) is 1. The molecule has 2 rings (SSSR count). The van der Waals surface area contributed by atoms with Crippen LogP contribution in [0.25, 0.3) is 0 Å². The molecule has 1 atom stereocenters. The first kappa shape index (κ1) is 14.7. The number of anilines is 1. The van der Waals surface area contributed by atoms with Gasteiger partial charge in [0.2, 0.25) is 0 Å². The quantitative estimate of drug-likeness (QED) is 0.864. The lowest BCUT2D eigenvalue weighted by atomic mass is 10.0. The lowest BCUT2D eigenvalue weighted by molar-refractivity contribution is 0.0757. The first-order valence-corrected chi connectivity index (χ1v) is 7.44. The van der Waals surface area contributed by atoms with E-state index in [1.165, 1.54) is 6.42 Å². The average molecular weight is 276 g/mol. The van der Waals surface area contributed by atoms with Crippen molar-refractivity contribution in [1.82, 2.24) is 4.90 Å². The fourth-order valence-electron chi connectivity index (χ4n) is 2.68. The molecule has 1 heterocycles. The van der Waals surface area contributed by atoms with E-state index in [0.717, 1.165) is 25.9 Å². The number of likely N-dealkylation sites (tertiary alicyclic amines) is 1. The van der Waals surface area contributed by atoms with Crippen LogP contribution in [-0.2, 0) is 0 Å². The molecule has 0 spiro atoms. The zero-order valence-corrected chi connectivity index (χ0v) is 12.4. The van der Waals surface area contributed by atoms with Gasteiger partial charge in [0.1, 0.15) is 11.3 Å². The Kier molecular flexibility index (Phi) is 4.88. The Morgan fingerprint density at radius 1 is 1.40 bits per heavy atom. The van der Waals surface area contributed by atoms with Gasteiger partial charge in [0.05, 0.1) is 6.61 Å². The second-order valence-corrected chi connectivity index (χ2v) is 5.48. The van der Waals surface area contributed by atoms with Crippen molar-refractivity contribution < 1.29 is 9.53 Å². The van der Waals surface area contributed by atoms with Crippen LogP contribution in [-0.4, -0.2) is 30.5 Å². The molecule has 4 heteroatoms. The molecule has 0 radical (unpaired) electrons. The fraction of sp³-hybridized carbons (Fsp3) is 0.562. The van der Waals surface area contributed by atoms with Crippen LogP contribution in [0.15, 0.2) is 18.2 Å². The van der Waals surface area contributed by atoms with Gasteiger partial charge in [-0.15, -0.1) is 0 Å².